The van der Waals surface area contributed by atoms with Crippen LogP contribution < -0.4 is 9.62 Å². The fourth-order valence-electron chi connectivity index (χ4n) is 2.51. The van der Waals surface area contributed by atoms with Gasteiger partial charge in [0.2, 0.25) is 15.9 Å². The van der Waals surface area contributed by atoms with Gasteiger partial charge in [0.1, 0.15) is 6.04 Å². The molecule has 1 heterocycles. The second-order valence-corrected chi connectivity index (χ2v) is 6.82. The monoisotopic (exact) mass is 316 g/mol. The van der Waals surface area contributed by atoms with Gasteiger partial charge in [-0.25, -0.2) is 8.42 Å². The average molecular weight is 316 g/mol. The summed E-state index contributed by atoms with van der Waals surface area (Å²) in [5.41, 5.74) is 0.786. The first kappa shape index (κ1) is 14.7. The highest BCUT2D eigenvalue weighted by Crippen LogP contribution is 2.22. The Hall–Kier alpha value is -2.18. The number of sulfonamides is 1. The van der Waals surface area contributed by atoms with E-state index in [1.54, 1.807) is 23.1 Å². The van der Waals surface area contributed by atoms with E-state index in [1.807, 2.05) is 30.3 Å². The summed E-state index contributed by atoms with van der Waals surface area (Å²) in [6, 6.07) is 16.6. The summed E-state index contributed by atoms with van der Waals surface area (Å²) >= 11 is 0. The van der Waals surface area contributed by atoms with E-state index in [0.717, 1.165) is 5.69 Å². The largest absolute Gasteiger partial charge is 0.311 e. The van der Waals surface area contributed by atoms with Crippen LogP contribution >= 0.6 is 0 Å². The van der Waals surface area contributed by atoms with E-state index in [9.17, 15) is 13.2 Å². The Morgan fingerprint density at radius 2 is 1.55 bits per heavy atom. The molecule has 0 bridgehead atoms. The van der Waals surface area contributed by atoms with Gasteiger partial charge in [-0.05, 0) is 30.7 Å². The molecule has 1 N–H and O–H groups in total. The van der Waals surface area contributed by atoms with Crippen molar-refractivity contribution in [1.29, 1.82) is 0 Å². The Morgan fingerprint density at radius 1 is 0.955 bits per heavy atom. The molecule has 0 aliphatic carbocycles. The fraction of sp³-hybridized carbons (Fsp3) is 0.188. The molecule has 1 saturated heterocycles. The predicted octanol–water partition coefficient (Wildman–Crippen LogP) is 1.77. The standard InChI is InChI=1S/C16H16N2O3S/c19-16-15(11-12-18(16)13-7-3-1-4-8-13)17-22(20,21)14-9-5-2-6-10-14/h1-10,15,17H,11-12H2. The van der Waals surface area contributed by atoms with E-state index in [4.69, 9.17) is 0 Å². The fourth-order valence-corrected chi connectivity index (χ4v) is 3.75. The number of para-hydroxylation sites is 1. The number of anilines is 1. The van der Waals surface area contributed by atoms with Crippen LogP contribution in [-0.2, 0) is 14.8 Å². The zero-order chi connectivity index (χ0) is 15.6. The predicted molar refractivity (Wildman–Crippen MR) is 84.0 cm³/mol. The Bertz CT molecular complexity index is 760. The minimum atomic E-state index is -3.68. The molecule has 1 atom stereocenters. The van der Waals surface area contributed by atoms with E-state index in [0.29, 0.717) is 13.0 Å². The lowest BCUT2D eigenvalue weighted by Gasteiger charge is -2.17. The Kier molecular flexibility index (Phi) is 3.96. The average Bonchev–Trinajstić information content (AvgIpc) is 2.89. The molecule has 2 aromatic carbocycles. The van der Waals surface area contributed by atoms with Gasteiger partial charge in [0.15, 0.2) is 0 Å². The lowest BCUT2D eigenvalue weighted by molar-refractivity contribution is -0.118. The van der Waals surface area contributed by atoms with Crippen molar-refractivity contribution in [1.82, 2.24) is 4.72 Å². The van der Waals surface area contributed by atoms with E-state index in [2.05, 4.69) is 4.72 Å². The third kappa shape index (κ3) is 2.88. The summed E-state index contributed by atoms with van der Waals surface area (Å²) < 4.78 is 27.1. The van der Waals surface area contributed by atoms with Crippen LogP contribution in [0.1, 0.15) is 6.42 Å². The van der Waals surface area contributed by atoms with Crippen LogP contribution in [0, 0.1) is 0 Å². The Morgan fingerprint density at radius 3 is 2.18 bits per heavy atom. The highest BCUT2D eigenvalue weighted by Gasteiger charge is 2.35. The number of rotatable bonds is 4. The van der Waals surface area contributed by atoms with Gasteiger partial charge >= 0.3 is 0 Å². The van der Waals surface area contributed by atoms with E-state index >= 15 is 0 Å². The van der Waals surface area contributed by atoms with Gasteiger partial charge < -0.3 is 4.90 Å². The molecule has 114 valence electrons. The van der Waals surface area contributed by atoms with Crippen molar-refractivity contribution in [2.24, 2.45) is 0 Å². The molecule has 1 amide bonds. The number of nitrogens with one attached hydrogen (secondary N) is 1. The molecule has 22 heavy (non-hydrogen) atoms. The van der Waals surface area contributed by atoms with Crippen molar-refractivity contribution >= 4 is 21.6 Å². The Labute approximate surface area is 129 Å². The van der Waals surface area contributed by atoms with Gasteiger partial charge in [0.05, 0.1) is 4.90 Å². The summed E-state index contributed by atoms with van der Waals surface area (Å²) in [4.78, 5) is 14.2. The number of hydrogen-bond donors (Lipinski definition) is 1. The molecule has 0 aromatic heterocycles. The van der Waals surface area contributed by atoms with Gasteiger partial charge in [-0.15, -0.1) is 0 Å². The number of carbonyl (C=O) groups is 1. The number of benzene rings is 2. The first-order chi connectivity index (χ1) is 10.6. The maximum Gasteiger partial charge on any atom is 0.245 e. The zero-order valence-corrected chi connectivity index (χ0v) is 12.7. The molecule has 1 aliphatic heterocycles. The van der Waals surface area contributed by atoms with Crippen molar-refractivity contribution in [3.05, 3.63) is 60.7 Å². The minimum Gasteiger partial charge on any atom is -0.311 e. The first-order valence-corrected chi connectivity index (χ1v) is 8.50. The van der Waals surface area contributed by atoms with Crippen LogP contribution in [0.3, 0.4) is 0 Å². The molecule has 5 nitrogen and oxygen atoms in total. The highest BCUT2D eigenvalue weighted by molar-refractivity contribution is 7.89. The van der Waals surface area contributed by atoms with E-state index in [-0.39, 0.29) is 10.8 Å². The summed E-state index contributed by atoms with van der Waals surface area (Å²) in [7, 11) is -3.68. The number of carbonyl (C=O) groups excluding carboxylic acids is 1. The molecule has 3 rings (SSSR count). The molecule has 0 saturated carbocycles. The SMILES string of the molecule is O=C1C(NS(=O)(=O)c2ccccc2)CCN1c1ccccc1. The lowest BCUT2D eigenvalue weighted by Crippen LogP contribution is -2.41. The number of amides is 1. The molecule has 0 spiro atoms. The molecular weight excluding hydrogens is 300 g/mol. The quantitative estimate of drug-likeness (QED) is 0.935. The Balaban J connectivity index is 1.77. The van der Waals surface area contributed by atoms with Crippen molar-refractivity contribution < 1.29 is 13.2 Å². The smallest absolute Gasteiger partial charge is 0.245 e. The topological polar surface area (TPSA) is 66.5 Å². The summed E-state index contributed by atoms with van der Waals surface area (Å²) in [6.45, 7) is 0.505. The first-order valence-electron chi connectivity index (χ1n) is 7.02. The zero-order valence-electron chi connectivity index (χ0n) is 11.8. The van der Waals surface area contributed by atoms with E-state index < -0.39 is 16.1 Å². The van der Waals surface area contributed by atoms with Crippen LogP contribution in [0.15, 0.2) is 65.6 Å². The van der Waals surface area contributed by atoms with Gasteiger partial charge in [0.25, 0.3) is 0 Å². The second kappa shape index (κ2) is 5.90. The van der Waals surface area contributed by atoms with Gasteiger partial charge in [0, 0.05) is 12.2 Å². The third-order valence-electron chi connectivity index (χ3n) is 3.62. The van der Waals surface area contributed by atoms with Gasteiger partial charge in [-0.2, -0.15) is 4.72 Å². The highest BCUT2D eigenvalue weighted by atomic mass is 32.2. The normalized spacial score (nSPS) is 18.6. The van der Waals surface area contributed by atoms with Gasteiger partial charge in [-0.1, -0.05) is 36.4 Å². The van der Waals surface area contributed by atoms with Crippen LogP contribution in [0.5, 0.6) is 0 Å². The van der Waals surface area contributed by atoms with Crippen LogP contribution in [0.4, 0.5) is 5.69 Å². The van der Waals surface area contributed by atoms with Crippen LogP contribution in [0.25, 0.3) is 0 Å². The summed E-state index contributed by atoms with van der Waals surface area (Å²) in [5, 5.41) is 0. The van der Waals surface area contributed by atoms with Crippen LogP contribution in [-0.4, -0.2) is 26.9 Å². The summed E-state index contributed by atoms with van der Waals surface area (Å²) in [5.74, 6) is -0.217. The minimum absolute atomic E-state index is 0.168. The third-order valence-corrected chi connectivity index (χ3v) is 5.11. The lowest BCUT2D eigenvalue weighted by atomic mass is 10.3. The summed E-state index contributed by atoms with van der Waals surface area (Å²) in [6.07, 6.45) is 0.458. The molecule has 1 unspecified atom stereocenters. The second-order valence-electron chi connectivity index (χ2n) is 5.10. The molecule has 2 aromatic rings. The van der Waals surface area contributed by atoms with Crippen molar-refractivity contribution in [2.75, 3.05) is 11.4 Å². The molecule has 1 fully saturated rings. The molecule has 6 heteroatoms. The molecule has 0 radical (unpaired) electrons. The number of hydrogen-bond acceptors (Lipinski definition) is 3. The van der Waals surface area contributed by atoms with Crippen molar-refractivity contribution in [3.63, 3.8) is 0 Å². The molecular formula is C16H16N2O3S. The maximum absolute atomic E-state index is 12.4. The maximum atomic E-state index is 12.4. The van der Waals surface area contributed by atoms with Crippen molar-refractivity contribution in [2.45, 2.75) is 17.4 Å². The number of nitrogens with zero attached hydrogens (tertiary/aromatic N) is 1. The van der Waals surface area contributed by atoms with Crippen LogP contribution in [0.2, 0.25) is 0 Å². The van der Waals surface area contributed by atoms with Gasteiger partial charge in [-0.3, -0.25) is 4.79 Å². The van der Waals surface area contributed by atoms with Crippen molar-refractivity contribution in [3.8, 4) is 0 Å². The molecule has 1 aliphatic rings. The van der Waals surface area contributed by atoms with E-state index in [1.165, 1.54) is 12.1 Å².